The average Bonchev–Trinajstić information content (AvgIpc) is 2.34. The van der Waals surface area contributed by atoms with Gasteiger partial charge in [0.2, 0.25) is 0 Å². The van der Waals surface area contributed by atoms with Crippen LogP contribution in [-0.4, -0.2) is 35.7 Å². The van der Waals surface area contributed by atoms with Gasteiger partial charge in [0.15, 0.2) is 0 Å². The molecule has 1 aliphatic rings. The Morgan fingerprint density at radius 3 is 2.48 bits per heavy atom. The quantitative estimate of drug-likeness (QED) is 0.840. The number of ether oxygens (including phenoxy) is 1. The number of amides is 1. The van der Waals surface area contributed by atoms with E-state index in [1.165, 1.54) is 5.56 Å². The number of nitrogens with zero attached hydrogens (tertiary/aromatic N) is 1. The van der Waals surface area contributed by atoms with Crippen molar-refractivity contribution in [3.05, 3.63) is 34.3 Å². The van der Waals surface area contributed by atoms with Crippen LogP contribution in [0.3, 0.4) is 0 Å². The summed E-state index contributed by atoms with van der Waals surface area (Å²) in [6.45, 7) is 11.5. The van der Waals surface area contributed by atoms with Gasteiger partial charge in [-0.2, -0.15) is 0 Å². The highest BCUT2D eigenvalue weighted by Gasteiger charge is 2.36. The van der Waals surface area contributed by atoms with Crippen LogP contribution >= 0.6 is 15.9 Å². The van der Waals surface area contributed by atoms with Gasteiger partial charge in [0.1, 0.15) is 5.60 Å². The Balaban J connectivity index is 1.81. The SMILES string of the molecule is C[C@@H](N[C@H](C)C1CN(C(=O)OC(C)(C)C)C1)c1ccccc1Br. The van der Waals surface area contributed by atoms with Crippen molar-refractivity contribution in [2.45, 2.75) is 52.3 Å². The summed E-state index contributed by atoms with van der Waals surface area (Å²) in [6, 6.07) is 8.87. The number of carbonyl (C=O) groups is 1. The topological polar surface area (TPSA) is 41.6 Å². The van der Waals surface area contributed by atoms with E-state index in [9.17, 15) is 4.79 Å². The van der Waals surface area contributed by atoms with Crippen LogP contribution < -0.4 is 5.32 Å². The summed E-state index contributed by atoms with van der Waals surface area (Å²) in [5, 5.41) is 3.64. The van der Waals surface area contributed by atoms with Crippen LogP contribution in [0.25, 0.3) is 0 Å². The third kappa shape index (κ3) is 4.95. The van der Waals surface area contributed by atoms with Crippen LogP contribution in [0, 0.1) is 5.92 Å². The summed E-state index contributed by atoms with van der Waals surface area (Å²) in [6.07, 6.45) is -0.209. The van der Waals surface area contributed by atoms with Gasteiger partial charge in [0.25, 0.3) is 0 Å². The average molecular weight is 383 g/mol. The van der Waals surface area contributed by atoms with Crippen LogP contribution in [0.4, 0.5) is 4.79 Å². The number of nitrogens with one attached hydrogen (secondary N) is 1. The van der Waals surface area contributed by atoms with Crippen LogP contribution in [-0.2, 0) is 4.74 Å². The molecular weight excluding hydrogens is 356 g/mol. The molecule has 2 rings (SSSR count). The normalized spacial score (nSPS) is 18.3. The molecule has 0 spiro atoms. The smallest absolute Gasteiger partial charge is 0.410 e. The summed E-state index contributed by atoms with van der Waals surface area (Å²) in [4.78, 5) is 13.7. The fourth-order valence-corrected chi connectivity index (χ4v) is 3.38. The summed E-state index contributed by atoms with van der Waals surface area (Å²) in [7, 11) is 0. The van der Waals surface area contributed by atoms with Crippen molar-refractivity contribution < 1.29 is 9.53 Å². The van der Waals surface area contributed by atoms with Crippen LogP contribution in [0.15, 0.2) is 28.7 Å². The van der Waals surface area contributed by atoms with Crippen molar-refractivity contribution in [1.29, 1.82) is 0 Å². The van der Waals surface area contributed by atoms with E-state index in [1.54, 1.807) is 4.90 Å². The largest absolute Gasteiger partial charge is 0.444 e. The lowest BCUT2D eigenvalue weighted by Crippen LogP contribution is -2.57. The third-order valence-electron chi connectivity index (χ3n) is 4.15. The molecule has 0 aromatic heterocycles. The molecule has 1 N–H and O–H groups in total. The van der Waals surface area contributed by atoms with Crippen molar-refractivity contribution in [1.82, 2.24) is 10.2 Å². The molecule has 1 aliphatic heterocycles. The number of carbonyl (C=O) groups excluding carboxylic acids is 1. The van der Waals surface area contributed by atoms with E-state index in [0.29, 0.717) is 12.0 Å². The second-order valence-electron chi connectivity index (χ2n) is 7.34. The fraction of sp³-hybridized carbons (Fsp3) is 0.611. The molecule has 0 aliphatic carbocycles. The first-order valence-corrected chi connectivity index (χ1v) is 8.95. The lowest BCUT2D eigenvalue weighted by Gasteiger charge is -2.43. The Morgan fingerprint density at radius 2 is 1.91 bits per heavy atom. The maximum Gasteiger partial charge on any atom is 0.410 e. The number of rotatable bonds is 4. The molecule has 2 atom stereocenters. The second-order valence-corrected chi connectivity index (χ2v) is 8.20. The molecule has 0 radical (unpaired) electrons. The van der Waals surface area contributed by atoms with Crippen molar-refractivity contribution in [2.75, 3.05) is 13.1 Å². The van der Waals surface area contributed by atoms with Crippen molar-refractivity contribution >= 4 is 22.0 Å². The second kappa shape index (κ2) is 7.22. The molecule has 0 bridgehead atoms. The van der Waals surface area contributed by atoms with Crippen LogP contribution in [0.5, 0.6) is 0 Å². The minimum Gasteiger partial charge on any atom is -0.444 e. The molecule has 1 saturated heterocycles. The maximum absolute atomic E-state index is 12.0. The summed E-state index contributed by atoms with van der Waals surface area (Å²) >= 11 is 3.60. The van der Waals surface area contributed by atoms with E-state index in [4.69, 9.17) is 4.74 Å². The molecule has 1 fully saturated rings. The zero-order valence-corrected chi connectivity index (χ0v) is 16.2. The number of likely N-dealkylation sites (tertiary alicyclic amines) is 1. The number of benzene rings is 1. The molecule has 4 nitrogen and oxygen atoms in total. The molecule has 23 heavy (non-hydrogen) atoms. The summed E-state index contributed by atoms with van der Waals surface area (Å²) < 4.78 is 6.52. The van der Waals surface area contributed by atoms with E-state index in [-0.39, 0.29) is 12.1 Å². The van der Waals surface area contributed by atoms with Gasteiger partial charge in [0, 0.05) is 35.6 Å². The van der Waals surface area contributed by atoms with Gasteiger partial charge >= 0.3 is 6.09 Å². The van der Waals surface area contributed by atoms with Crippen molar-refractivity contribution in [3.63, 3.8) is 0 Å². The predicted molar refractivity (Wildman–Crippen MR) is 96.5 cm³/mol. The Bertz CT molecular complexity index is 550. The first-order chi connectivity index (χ1) is 10.7. The Morgan fingerprint density at radius 1 is 1.30 bits per heavy atom. The van der Waals surface area contributed by atoms with Crippen LogP contribution in [0.1, 0.15) is 46.2 Å². The van der Waals surface area contributed by atoms with Gasteiger partial charge in [-0.1, -0.05) is 34.1 Å². The van der Waals surface area contributed by atoms with Crippen molar-refractivity contribution in [3.8, 4) is 0 Å². The Labute approximate surface area is 147 Å². The van der Waals surface area contributed by atoms with Gasteiger partial charge in [-0.15, -0.1) is 0 Å². The van der Waals surface area contributed by atoms with E-state index in [0.717, 1.165) is 17.6 Å². The van der Waals surface area contributed by atoms with Gasteiger partial charge < -0.3 is 15.0 Å². The molecular formula is C18H27BrN2O2. The molecule has 1 aromatic carbocycles. The van der Waals surface area contributed by atoms with E-state index in [2.05, 4.69) is 53.3 Å². The highest BCUT2D eigenvalue weighted by Crippen LogP contribution is 2.26. The molecule has 128 valence electrons. The van der Waals surface area contributed by atoms with E-state index < -0.39 is 5.60 Å². The first kappa shape index (κ1) is 18.3. The number of halogens is 1. The zero-order chi connectivity index (χ0) is 17.2. The standard InChI is InChI=1S/C18H27BrN2O2/c1-12(20-13(2)15-8-6-7-9-16(15)19)14-10-21(11-14)17(22)23-18(3,4)5/h6-9,12-14,20H,10-11H2,1-5H3/t12-,13-/m1/s1. The summed E-state index contributed by atoms with van der Waals surface area (Å²) in [5.74, 6) is 0.465. The summed E-state index contributed by atoms with van der Waals surface area (Å²) in [5.41, 5.74) is 0.822. The molecule has 1 amide bonds. The zero-order valence-electron chi connectivity index (χ0n) is 14.6. The lowest BCUT2D eigenvalue weighted by atomic mass is 9.92. The van der Waals surface area contributed by atoms with Crippen molar-refractivity contribution in [2.24, 2.45) is 5.92 Å². The lowest BCUT2D eigenvalue weighted by molar-refractivity contribution is -0.00622. The first-order valence-electron chi connectivity index (χ1n) is 8.16. The number of hydrogen-bond acceptors (Lipinski definition) is 3. The molecule has 0 saturated carbocycles. The van der Waals surface area contributed by atoms with Gasteiger partial charge in [-0.25, -0.2) is 4.79 Å². The molecule has 1 aromatic rings. The minimum atomic E-state index is -0.430. The van der Waals surface area contributed by atoms with E-state index >= 15 is 0 Å². The highest BCUT2D eigenvalue weighted by atomic mass is 79.9. The maximum atomic E-state index is 12.0. The fourth-order valence-electron chi connectivity index (χ4n) is 2.75. The molecule has 1 heterocycles. The molecule has 0 unspecified atom stereocenters. The van der Waals surface area contributed by atoms with E-state index in [1.807, 2.05) is 26.8 Å². The highest BCUT2D eigenvalue weighted by molar-refractivity contribution is 9.10. The minimum absolute atomic E-state index is 0.209. The third-order valence-corrected chi connectivity index (χ3v) is 4.88. The Kier molecular flexibility index (Phi) is 5.74. The van der Waals surface area contributed by atoms with Gasteiger partial charge in [0.05, 0.1) is 0 Å². The predicted octanol–water partition coefficient (Wildman–Crippen LogP) is 4.36. The van der Waals surface area contributed by atoms with Gasteiger partial charge in [-0.3, -0.25) is 0 Å². The monoisotopic (exact) mass is 382 g/mol. The number of hydrogen-bond donors (Lipinski definition) is 1. The Hall–Kier alpha value is -1.07. The van der Waals surface area contributed by atoms with Gasteiger partial charge in [-0.05, 0) is 46.2 Å². The molecule has 5 heteroatoms. The van der Waals surface area contributed by atoms with Crippen LogP contribution in [0.2, 0.25) is 0 Å².